The number of aliphatic hydroxyl groups is 1. The zero-order chi connectivity index (χ0) is 12.9. The van der Waals surface area contributed by atoms with Crippen LogP contribution in [0.3, 0.4) is 0 Å². The number of carboxylic acid groups (broad SMARTS) is 1. The van der Waals surface area contributed by atoms with Crippen molar-refractivity contribution in [2.45, 2.75) is 45.2 Å². The van der Waals surface area contributed by atoms with E-state index in [0.717, 1.165) is 4.90 Å². The Bertz CT molecular complexity index is 260. The molecule has 0 heterocycles. The zero-order valence-electron chi connectivity index (χ0n) is 9.93. The number of carbonyl (C=O) groups excluding carboxylic acids is 1. The van der Waals surface area contributed by atoms with Crippen LogP contribution in [0.4, 0.5) is 4.79 Å². The summed E-state index contributed by atoms with van der Waals surface area (Å²) in [7, 11) is 0. The van der Waals surface area contributed by atoms with Crippen LogP contribution < -0.4 is 5.73 Å². The summed E-state index contributed by atoms with van der Waals surface area (Å²) in [4.78, 5) is 22.9. The molecule has 0 saturated carbocycles. The van der Waals surface area contributed by atoms with Gasteiger partial charge in [-0.2, -0.15) is 0 Å². The largest absolute Gasteiger partial charge is 0.465 e. The minimum Gasteiger partial charge on any atom is -0.465 e. The van der Waals surface area contributed by atoms with Gasteiger partial charge < -0.3 is 15.9 Å². The fraction of sp³-hybridized carbons (Fsp3) is 0.800. The molecule has 0 aliphatic rings. The van der Waals surface area contributed by atoms with Crippen molar-refractivity contribution < 1.29 is 19.8 Å². The lowest BCUT2D eigenvalue weighted by Gasteiger charge is -2.38. The highest BCUT2D eigenvalue weighted by Gasteiger charge is 2.32. The first-order valence-electron chi connectivity index (χ1n) is 5.11. The molecule has 2 amide bonds. The third-order valence-electron chi connectivity index (χ3n) is 2.23. The Balaban J connectivity index is 4.73. The van der Waals surface area contributed by atoms with Crippen LogP contribution in [0.1, 0.15) is 33.6 Å². The Morgan fingerprint density at radius 1 is 1.38 bits per heavy atom. The lowest BCUT2D eigenvalue weighted by molar-refractivity contribution is -0.118. The molecule has 16 heavy (non-hydrogen) atoms. The van der Waals surface area contributed by atoms with Gasteiger partial charge in [0.25, 0.3) is 0 Å². The summed E-state index contributed by atoms with van der Waals surface area (Å²) in [6.45, 7) is 4.87. The Morgan fingerprint density at radius 2 is 1.88 bits per heavy atom. The quantitative estimate of drug-likeness (QED) is 0.637. The molecule has 0 aliphatic heterocycles. The molecule has 4 N–H and O–H groups in total. The summed E-state index contributed by atoms with van der Waals surface area (Å²) in [5.41, 5.74) is 4.37. The molecular formula is C10H20N2O4. The van der Waals surface area contributed by atoms with E-state index in [9.17, 15) is 9.59 Å². The summed E-state index contributed by atoms with van der Waals surface area (Å²) >= 11 is 0. The monoisotopic (exact) mass is 232 g/mol. The van der Waals surface area contributed by atoms with E-state index in [4.69, 9.17) is 15.9 Å². The molecule has 0 aromatic heterocycles. The fourth-order valence-electron chi connectivity index (χ4n) is 1.60. The van der Waals surface area contributed by atoms with E-state index >= 15 is 0 Å². The van der Waals surface area contributed by atoms with Gasteiger partial charge in [0.2, 0.25) is 5.91 Å². The van der Waals surface area contributed by atoms with Gasteiger partial charge in [0.15, 0.2) is 0 Å². The molecule has 0 saturated heterocycles. The minimum atomic E-state index is -1.11. The minimum absolute atomic E-state index is 0.0606. The standard InChI is InChI=1S/C10H20N2O4/c1-10(2,3)12(9(15)16)7(6-13)4-5-8(11)14/h7,13H,4-6H2,1-3H3,(H2,11,14)(H,15,16)/t7-/m0/s1. The van der Waals surface area contributed by atoms with Crippen molar-refractivity contribution in [3.8, 4) is 0 Å². The second kappa shape index (κ2) is 5.69. The van der Waals surface area contributed by atoms with Crippen molar-refractivity contribution in [3.05, 3.63) is 0 Å². The van der Waals surface area contributed by atoms with Crippen molar-refractivity contribution in [1.82, 2.24) is 4.90 Å². The van der Waals surface area contributed by atoms with Gasteiger partial charge in [0.05, 0.1) is 12.6 Å². The number of hydrogen-bond acceptors (Lipinski definition) is 3. The van der Waals surface area contributed by atoms with Crippen molar-refractivity contribution in [2.24, 2.45) is 5.73 Å². The highest BCUT2D eigenvalue weighted by molar-refractivity contribution is 5.74. The van der Waals surface area contributed by atoms with Crippen LogP contribution >= 0.6 is 0 Å². The summed E-state index contributed by atoms with van der Waals surface area (Å²) < 4.78 is 0. The highest BCUT2D eigenvalue weighted by atomic mass is 16.4. The molecule has 0 spiro atoms. The van der Waals surface area contributed by atoms with Gasteiger partial charge in [0.1, 0.15) is 0 Å². The van der Waals surface area contributed by atoms with E-state index in [0.29, 0.717) is 0 Å². The molecule has 0 aromatic carbocycles. The number of hydrogen-bond donors (Lipinski definition) is 3. The summed E-state index contributed by atoms with van der Waals surface area (Å²) in [5, 5.41) is 18.2. The first-order chi connectivity index (χ1) is 7.20. The van der Waals surface area contributed by atoms with Gasteiger partial charge in [-0.25, -0.2) is 4.79 Å². The molecule has 0 unspecified atom stereocenters. The third kappa shape index (κ3) is 4.48. The Labute approximate surface area is 95.0 Å². The highest BCUT2D eigenvalue weighted by Crippen LogP contribution is 2.19. The van der Waals surface area contributed by atoms with Crippen molar-refractivity contribution in [2.75, 3.05) is 6.61 Å². The Hall–Kier alpha value is -1.30. The van der Waals surface area contributed by atoms with Crippen molar-refractivity contribution in [1.29, 1.82) is 0 Å². The first kappa shape index (κ1) is 14.7. The molecule has 0 radical (unpaired) electrons. The molecule has 0 rings (SSSR count). The summed E-state index contributed by atoms with van der Waals surface area (Å²) in [5.74, 6) is -0.502. The molecule has 0 fully saturated rings. The van der Waals surface area contributed by atoms with Crippen LogP contribution in [0.25, 0.3) is 0 Å². The van der Waals surface area contributed by atoms with E-state index in [-0.39, 0.29) is 19.4 Å². The van der Waals surface area contributed by atoms with E-state index in [2.05, 4.69) is 0 Å². The van der Waals surface area contributed by atoms with E-state index in [1.807, 2.05) is 0 Å². The van der Waals surface area contributed by atoms with Crippen molar-refractivity contribution in [3.63, 3.8) is 0 Å². The number of carbonyl (C=O) groups is 2. The van der Waals surface area contributed by atoms with E-state index in [1.165, 1.54) is 0 Å². The van der Waals surface area contributed by atoms with Gasteiger partial charge in [-0.15, -0.1) is 0 Å². The Morgan fingerprint density at radius 3 is 2.12 bits per heavy atom. The molecule has 0 aromatic rings. The second-order valence-electron chi connectivity index (χ2n) is 4.66. The fourth-order valence-corrected chi connectivity index (χ4v) is 1.60. The predicted octanol–water partition coefficient (Wildman–Crippen LogP) is 0.391. The van der Waals surface area contributed by atoms with Gasteiger partial charge in [-0.3, -0.25) is 9.69 Å². The molecule has 1 atom stereocenters. The third-order valence-corrected chi connectivity index (χ3v) is 2.23. The topological polar surface area (TPSA) is 104 Å². The number of primary amides is 1. The maximum absolute atomic E-state index is 11.1. The van der Waals surface area contributed by atoms with Gasteiger partial charge in [-0.1, -0.05) is 0 Å². The number of aliphatic hydroxyl groups excluding tert-OH is 1. The zero-order valence-corrected chi connectivity index (χ0v) is 9.93. The number of amides is 2. The number of rotatable bonds is 5. The number of nitrogens with two attached hydrogens (primary N) is 1. The van der Waals surface area contributed by atoms with Crippen LogP contribution in [-0.2, 0) is 4.79 Å². The molecular weight excluding hydrogens is 212 g/mol. The molecule has 0 aliphatic carbocycles. The molecule has 0 bridgehead atoms. The van der Waals surface area contributed by atoms with Gasteiger partial charge in [0, 0.05) is 12.0 Å². The average Bonchev–Trinajstić information content (AvgIpc) is 2.08. The van der Waals surface area contributed by atoms with Crippen LogP contribution in [-0.4, -0.2) is 45.3 Å². The van der Waals surface area contributed by atoms with Gasteiger partial charge >= 0.3 is 6.09 Å². The lowest BCUT2D eigenvalue weighted by atomic mass is 10.0. The van der Waals surface area contributed by atoms with Crippen LogP contribution in [0.2, 0.25) is 0 Å². The van der Waals surface area contributed by atoms with Crippen molar-refractivity contribution >= 4 is 12.0 Å². The van der Waals surface area contributed by atoms with E-state index in [1.54, 1.807) is 20.8 Å². The lowest BCUT2D eigenvalue weighted by Crippen LogP contribution is -2.52. The van der Waals surface area contributed by atoms with E-state index < -0.39 is 23.6 Å². The molecule has 6 heteroatoms. The smallest absolute Gasteiger partial charge is 0.408 e. The van der Waals surface area contributed by atoms with Crippen LogP contribution in [0, 0.1) is 0 Å². The first-order valence-corrected chi connectivity index (χ1v) is 5.11. The normalized spacial score (nSPS) is 13.2. The maximum atomic E-state index is 11.1. The summed E-state index contributed by atoms with van der Waals surface area (Å²) in [6.07, 6.45) is -0.823. The Kier molecular flexibility index (Phi) is 5.23. The summed E-state index contributed by atoms with van der Waals surface area (Å²) in [6, 6.07) is -0.606. The van der Waals surface area contributed by atoms with Gasteiger partial charge in [-0.05, 0) is 27.2 Å². The molecule has 6 nitrogen and oxygen atoms in total. The molecule has 94 valence electrons. The second-order valence-corrected chi connectivity index (χ2v) is 4.66. The van der Waals surface area contributed by atoms with Crippen LogP contribution in [0.5, 0.6) is 0 Å². The van der Waals surface area contributed by atoms with Crippen LogP contribution in [0.15, 0.2) is 0 Å². The maximum Gasteiger partial charge on any atom is 0.408 e. The number of nitrogens with zero attached hydrogens (tertiary/aromatic N) is 1. The predicted molar refractivity (Wildman–Crippen MR) is 58.9 cm³/mol. The average molecular weight is 232 g/mol. The SMILES string of the molecule is CC(C)(C)N(C(=O)O)[C@H](CO)CCC(N)=O.